The van der Waals surface area contributed by atoms with E-state index in [4.69, 9.17) is 13.7 Å². The first kappa shape index (κ1) is 31.4. The molecule has 4 rings (SSSR count). The Balaban J connectivity index is 0.00000121. The average molecular weight is 533 g/mol. The minimum absolute atomic E-state index is 0.0947. The molecule has 1 amide bonds. The van der Waals surface area contributed by atoms with E-state index >= 15 is 4.39 Å². The zero-order chi connectivity index (χ0) is 29.2. The van der Waals surface area contributed by atoms with Crippen molar-refractivity contribution in [3.63, 3.8) is 0 Å². The van der Waals surface area contributed by atoms with E-state index in [2.05, 4.69) is 5.32 Å². The van der Waals surface area contributed by atoms with Gasteiger partial charge < -0.3 is 19.0 Å². The Hall–Kier alpha value is -2.78. The van der Waals surface area contributed by atoms with Crippen LogP contribution >= 0.6 is 0 Å². The van der Waals surface area contributed by atoms with Gasteiger partial charge in [-0.1, -0.05) is 39.8 Å². The van der Waals surface area contributed by atoms with Gasteiger partial charge in [0.1, 0.15) is 6.26 Å². The number of aryl methyl sites for hydroxylation is 2. The standard InChI is InChI=1S/C25H27BF3NO4.2C2H6/c1-13-8-9-15(11-17(13)25(7,28)29)30-22(31)16-12-32-21-19(16)14(2)10-18(20(21)27)26-33-23(3,4)24(5,6)34-26;2*1-2/h8-12H,1-7H3,(H,30,31);2*1-2H3. The predicted octanol–water partition coefficient (Wildman–Crippen LogP) is 7.90. The Morgan fingerprint density at radius 1 is 0.947 bits per heavy atom. The SMILES string of the molecule is CC.CC.Cc1ccc(NC(=O)c2coc3c(F)c(B4OC(C)(C)C(C)(C)O4)cc(C)c23)cc1C(C)(F)F. The van der Waals surface area contributed by atoms with E-state index < -0.39 is 36.0 Å². The summed E-state index contributed by atoms with van der Waals surface area (Å²) in [5.41, 5.74) is -0.107. The smallest absolute Gasteiger partial charge is 0.460 e. The molecule has 0 saturated carbocycles. The van der Waals surface area contributed by atoms with E-state index in [-0.39, 0.29) is 27.9 Å². The third kappa shape index (κ3) is 5.94. The number of benzene rings is 2. The maximum absolute atomic E-state index is 15.5. The number of alkyl halides is 2. The molecule has 9 heteroatoms. The summed E-state index contributed by atoms with van der Waals surface area (Å²) in [7, 11) is -0.933. The Bertz CT molecular complexity index is 1280. The normalized spacial score (nSPS) is 15.9. The van der Waals surface area contributed by atoms with Crippen molar-refractivity contribution in [2.45, 2.75) is 93.3 Å². The van der Waals surface area contributed by atoms with Crippen molar-refractivity contribution in [2.24, 2.45) is 0 Å². The molecule has 0 atom stereocenters. The van der Waals surface area contributed by atoms with Gasteiger partial charge in [0.25, 0.3) is 11.8 Å². The molecule has 5 nitrogen and oxygen atoms in total. The average Bonchev–Trinajstić information content (AvgIpc) is 3.38. The lowest BCUT2D eigenvalue weighted by Gasteiger charge is -2.32. The van der Waals surface area contributed by atoms with Gasteiger partial charge in [0, 0.05) is 29.0 Å². The first-order valence-electron chi connectivity index (χ1n) is 13.0. The van der Waals surface area contributed by atoms with Gasteiger partial charge in [0.15, 0.2) is 11.4 Å². The number of amides is 1. The van der Waals surface area contributed by atoms with Crippen LogP contribution in [0.3, 0.4) is 0 Å². The summed E-state index contributed by atoms with van der Waals surface area (Å²) >= 11 is 0. The zero-order valence-electron chi connectivity index (χ0n) is 24.2. The molecule has 3 aromatic rings. The molecule has 38 heavy (non-hydrogen) atoms. The van der Waals surface area contributed by atoms with E-state index in [0.29, 0.717) is 16.5 Å². The quantitative estimate of drug-likeness (QED) is 0.347. The maximum Gasteiger partial charge on any atom is 0.498 e. The number of fused-ring (bicyclic) bond motifs is 1. The van der Waals surface area contributed by atoms with Crippen LogP contribution in [0.1, 0.15) is 89.4 Å². The predicted molar refractivity (Wildman–Crippen MR) is 148 cm³/mol. The third-order valence-corrected chi connectivity index (χ3v) is 6.73. The zero-order valence-corrected chi connectivity index (χ0v) is 24.2. The molecule has 208 valence electrons. The van der Waals surface area contributed by atoms with Crippen molar-refractivity contribution in [1.29, 1.82) is 0 Å². The minimum atomic E-state index is -3.06. The van der Waals surface area contributed by atoms with Crippen LogP contribution in [0, 0.1) is 19.7 Å². The lowest BCUT2D eigenvalue weighted by Crippen LogP contribution is -2.41. The topological polar surface area (TPSA) is 60.7 Å². The second-order valence-electron chi connectivity index (χ2n) is 9.91. The number of hydrogen-bond acceptors (Lipinski definition) is 4. The van der Waals surface area contributed by atoms with Gasteiger partial charge in [0.2, 0.25) is 0 Å². The highest BCUT2D eigenvalue weighted by atomic mass is 19.3. The lowest BCUT2D eigenvalue weighted by molar-refractivity contribution is 0.00578. The van der Waals surface area contributed by atoms with E-state index in [0.717, 1.165) is 13.2 Å². The van der Waals surface area contributed by atoms with Gasteiger partial charge in [-0.15, -0.1) is 0 Å². The van der Waals surface area contributed by atoms with E-state index in [1.54, 1.807) is 19.9 Å². The molecule has 2 heterocycles. The second-order valence-corrected chi connectivity index (χ2v) is 9.91. The fourth-order valence-corrected chi connectivity index (χ4v) is 4.09. The van der Waals surface area contributed by atoms with Gasteiger partial charge in [0.05, 0.1) is 16.8 Å². The summed E-state index contributed by atoms with van der Waals surface area (Å²) in [5, 5.41) is 2.90. The summed E-state index contributed by atoms with van der Waals surface area (Å²) in [6, 6.07) is 5.86. The Kier molecular flexibility index (Phi) is 9.55. The number of anilines is 1. The van der Waals surface area contributed by atoms with E-state index in [9.17, 15) is 13.6 Å². The highest BCUT2D eigenvalue weighted by Gasteiger charge is 2.52. The van der Waals surface area contributed by atoms with Crippen molar-refractivity contribution in [2.75, 3.05) is 5.32 Å². The molecule has 1 aliphatic heterocycles. The summed E-state index contributed by atoms with van der Waals surface area (Å²) in [4.78, 5) is 13.0. The minimum Gasteiger partial charge on any atom is -0.460 e. The number of furan rings is 1. The van der Waals surface area contributed by atoms with Crippen LogP contribution in [-0.4, -0.2) is 24.2 Å². The Morgan fingerprint density at radius 3 is 2.03 bits per heavy atom. The highest BCUT2D eigenvalue weighted by Crippen LogP contribution is 2.38. The van der Waals surface area contributed by atoms with E-state index in [1.165, 1.54) is 18.2 Å². The van der Waals surface area contributed by atoms with Gasteiger partial charge in [-0.2, -0.15) is 0 Å². The van der Waals surface area contributed by atoms with Crippen LogP contribution in [0.5, 0.6) is 0 Å². The van der Waals surface area contributed by atoms with Crippen molar-refractivity contribution in [1.82, 2.24) is 0 Å². The first-order chi connectivity index (χ1) is 17.6. The molecule has 0 aliphatic carbocycles. The van der Waals surface area contributed by atoms with Gasteiger partial charge in [-0.3, -0.25) is 4.79 Å². The van der Waals surface area contributed by atoms with Crippen LogP contribution in [0.4, 0.5) is 18.9 Å². The van der Waals surface area contributed by atoms with Crippen LogP contribution in [0.25, 0.3) is 11.0 Å². The Morgan fingerprint density at radius 2 is 1.50 bits per heavy atom. The summed E-state index contributed by atoms with van der Waals surface area (Å²) in [6.45, 7) is 19.6. The van der Waals surface area contributed by atoms with Crippen molar-refractivity contribution in [3.05, 3.63) is 58.6 Å². The number of hydrogen-bond donors (Lipinski definition) is 1. The monoisotopic (exact) mass is 533 g/mol. The van der Waals surface area contributed by atoms with Crippen LogP contribution in [-0.2, 0) is 15.2 Å². The number of halogens is 3. The lowest BCUT2D eigenvalue weighted by atomic mass is 9.77. The highest BCUT2D eigenvalue weighted by molar-refractivity contribution is 6.62. The number of nitrogens with one attached hydrogen (secondary N) is 1. The molecule has 0 unspecified atom stereocenters. The second kappa shape index (κ2) is 11.5. The molecule has 1 N–H and O–H groups in total. The summed E-state index contributed by atoms with van der Waals surface area (Å²) < 4.78 is 60.6. The molecule has 1 fully saturated rings. The molecule has 2 aromatic carbocycles. The van der Waals surface area contributed by atoms with E-state index in [1.807, 2.05) is 55.4 Å². The number of carbonyl (C=O) groups excluding carboxylic acids is 1. The molecular weight excluding hydrogens is 494 g/mol. The van der Waals surface area contributed by atoms with Crippen molar-refractivity contribution >= 4 is 35.1 Å². The number of carbonyl (C=O) groups is 1. The third-order valence-electron chi connectivity index (χ3n) is 6.73. The first-order valence-corrected chi connectivity index (χ1v) is 13.0. The molecule has 1 aliphatic rings. The van der Waals surface area contributed by atoms with Gasteiger partial charge in [-0.05, 0) is 64.8 Å². The summed E-state index contributed by atoms with van der Waals surface area (Å²) in [6.07, 6.45) is 1.16. The number of rotatable bonds is 4. The molecule has 1 aromatic heterocycles. The van der Waals surface area contributed by atoms with Crippen molar-refractivity contribution < 1.29 is 31.7 Å². The largest absolute Gasteiger partial charge is 0.498 e. The molecule has 0 bridgehead atoms. The molecule has 0 spiro atoms. The van der Waals surface area contributed by atoms with Crippen LogP contribution < -0.4 is 10.8 Å². The fraction of sp³-hybridized carbons (Fsp3) is 0.483. The van der Waals surface area contributed by atoms with Gasteiger partial charge >= 0.3 is 7.12 Å². The van der Waals surface area contributed by atoms with Crippen molar-refractivity contribution in [3.8, 4) is 0 Å². The molecule has 0 radical (unpaired) electrons. The Labute approximate surface area is 224 Å². The fourth-order valence-electron chi connectivity index (χ4n) is 4.09. The molecule has 1 saturated heterocycles. The van der Waals surface area contributed by atoms with Crippen LogP contribution in [0.15, 0.2) is 34.9 Å². The maximum atomic E-state index is 15.5. The van der Waals surface area contributed by atoms with Crippen LogP contribution in [0.2, 0.25) is 0 Å². The van der Waals surface area contributed by atoms with Gasteiger partial charge in [-0.25, -0.2) is 13.2 Å². The molecular formula is C29H39BF3NO4. The summed E-state index contributed by atoms with van der Waals surface area (Å²) in [5.74, 6) is -4.34.